The lowest BCUT2D eigenvalue weighted by Gasteiger charge is -2.13. The molecule has 1 heterocycles. The molecule has 1 aromatic heterocycles. The SMILES string of the molecule is C=CC(F)(F)Oc1ccc(-c2noc([C@H](CO)NC(=O)c3cccc(F)c3)n2)cc1. The van der Waals surface area contributed by atoms with Crippen LogP contribution in [0, 0.1) is 5.82 Å². The van der Waals surface area contributed by atoms with Crippen LogP contribution in [0.15, 0.2) is 65.7 Å². The van der Waals surface area contributed by atoms with E-state index >= 15 is 0 Å². The highest BCUT2D eigenvalue weighted by Crippen LogP contribution is 2.26. The van der Waals surface area contributed by atoms with Crippen LogP contribution in [0.5, 0.6) is 5.75 Å². The monoisotopic (exact) mass is 419 g/mol. The molecule has 0 spiro atoms. The first-order valence-corrected chi connectivity index (χ1v) is 8.63. The number of benzene rings is 2. The molecule has 0 bridgehead atoms. The number of aliphatic hydroxyl groups excluding tert-OH is 1. The maximum atomic E-state index is 13.3. The van der Waals surface area contributed by atoms with Crippen LogP contribution in [0.4, 0.5) is 13.2 Å². The molecule has 3 aromatic rings. The number of ether oxygens (including phenoxy) is 1. The van der Waals surface area contributed by atoms with Gasteiger partial charge >= 0.3 is 6.11 Å². The van der Waals surface area contributed by atoms with E-state index in [1.807, 2.05) is 0 Å². The second-order valence-corrected chi connectivity index (χ2v) is 6.07. The summed E-state index contributed by atoms with van der Waals surface area (Å²) >= 11 is 0. The minimum atomic E-state index is -3.50. The lowest BCUT2D eigenvalue weighted by molar-refractivity contribution is -0.131. The van der Waals surface area contributed by atoms with Crippen LogP contribution < -0.4 is 10.1 Å². The summed E-state index contributed by atoms with van der Waals surface area (Å²) in [5.74, 6) is -1.30. The van der Waals surface area contributed by atoms with Gasteiger partial charge < -0.3 is 19.7 Å². The Morgan fingerprint density at radius 3 is 2.67 bits per heavy atom. The van der Waals surface area contributed by atoms with Crippen molar-refractivity contribution in [3.63, 3.8) is 0 Å². The van der Waals surface area contributed by atoms with Gasteiger partial charge in [0, 0.05) is 17.2 Å². The Kier molecular flexibility index (Phi) is 6.17. The third-order valence-corrected chi connectivity index (χ3v) is 3.92. The van der Waals surface area contributed by atoms with Crippen molar-refractivity contribution in [3.05, 3.63) is 78.5 Å². The van der Waals surface area contributed by atoms with E-state index in [1.54, 1.807) is 0 Å². The molecule has 1 atom stereocenters. The summed E-state index contributed by atoms with van der Waals surface area (Å²) in [6.07, 6.45) is -3.13. The van der Waals surface area contributed by atoms with E-state index < -0.39 is 30.5 Å². The maximum absolute atomic E-state index is 13.3. The van der Waals surface area contributed by atoms with Crippen LogP contribution >= 0.6 is 0 Å². The molecule has 0 aliphatic heterocycles. The quantitative estimate of drug-likeness (QED) is 0.543. The second kappa shape index (κ2) is 8.78. The van der Waals surface area contributed by atoms with E-state index in [2.05, 4.69) is 26.8 Å². The van der Waals surface area contributed by atoms with Crippen molar-refractivity contribution in [3.8, 4) is 17.1 Å². The van der Waals surface area contributed by atoms with Gasteiger partial charge in [-0.2, -0.15) is 13.8 Å². The number of aliphatic hydroxyl groups is 1. The number of amides is 1. The van der Waals surface area contributed by atoms with Crippen LogP contribution in [0.3, 0.4) is 0 Å². The molecular weight excluding hydrogens is 403 g/mol. The number of nitrogens with one attached hydrogen (secondary N) is 1. The Labute approximate surface area is 168 Å². The molecule has 30 heavy (non-hydrogen) atoms. The first kappa shape index (κ1) is 21.1. The van der Waals surface area contributed by atoms with Gasteiger partial charge in [0.15, 0.2) is 0 Å². The fraction of sp³-hybridized carbons (Fsp3) is 0.150. The molecule has 0 radical (unpaired) electrons. The van der Waals surface area contributed by atoms with Crippen molar-refractivity contribution >= 4 is 5.91 Å². The summed E-state index contributed by atoms with van der Waals surface area (Å²) < 4.78 is 49.2. The first-order valence-electron chi connectivity index (χ1n) is 8.63. The van der Waals surface area contributed by atoms with Gasteiger partial charge in [-0.15, -0.1) is 0 Å². The molecule has 0 fully saturated rings. The minimum Gasteiger partial charge on any atom is -0.429 e. The topological polar surface area (TPSA) is 97.5 Å². The smallest absolute Gasteiger partial charge is 0.419 e. The van der Waals surface area contributed by atoms with Crippen molar-refractivity contribution in [2.24, 2.45) is 0 Å². The molecule has 0 saturated heterocycles. The molecule has 10 heteroatoms. The van der Waals surface area contributed by atoms with E-state index in [1.165, 1.54) is 42.5 Å². The largest absolute Gasteiger partial charge is 0.429 e. The molecule has 2 N–H and O–H groups in total. The lowest BCUT2D eigenvalue weighted by atomic mass is 10.2. The number of halogens is 3. The Hall–Kier alpha value is -3.66. The molecule has 2 aromatic carbocycles. The van der Waals surface area contributed by atoms with Crippen LogP contribution in [0.2, 0.25) is 0 Å². The van der Waals surface area contributed by atoms with E-state index in [4.69, 9.17) is 4.52 Å². The van der Waals surface area contributed by atoms with Gasteiger partial charge in [0.05, 0.1) is 6.61 Å². The molecule has 156 valence electrons. The molecule has 0 aliphatic carbocycles. The molecule has 0 unspecified atom stereocenters. The summed E-state index contributed by atoms with van der Waals surface area (Å²) in [6, 6.07) is 9.44. The molecular formula is C20H16F3N3O4. The summed E-state index contributed by atoms with van der Waals surface area (Å²) in [7, 11) is 0. The van der Waals surface area contributed by atoms with Crippen molar-refractivity contribution in [2.45, 2.75) is 12.2 Å². The number of hydrogen-bond acceptors (Lipinski definition) is 6. The highest BCUT2D eigenvalue weighted by Gasteiger charge is 2.26. The normalized spacial score (nSPS) is 12.3. The Bertz CT molecular complexity index is 1040. The van der Waals surface area contributed by atoms with Gasteiger partial charge in [0.1, 0.15) is 17.6 Å². The zero-order chi connectivity index (χ0) is 21.7. The first-order chi connectivity index (χ1) is 14.3. The number of carbonyl (C=O) groups excluding carboxylic acids is 1. The van der Waals surface area contributed by atoms with Gasteiger partial charge in [-0.05, 0) is 42.5 Å². The van der Waals surface area contributed by atoms with E-state index in [0.717, 1.165) is 6.07 Å². The predicted octanol–water partition coefficient (Wildman–Crippen LogP) is 3.50. The fourth-order valence-electron chi connectivity index (χ4n) is 2.42. The maximum Gasteiger partial charge on any atom is 0.419 e. The van der Waals surface area contributed by atoms with Gasteiger partial charge in [0.25, 0.3) is 11.8 Å². The average molecular weight is 419 g/mol. The van der Waals surface area contributed by atoms with E-state index in [-0.39, 0.29) is 23.0 Å². The highest BCUT2D eigenvalue weighted by atomic mass is 19.3. The molecule has 0 saturated carbocycles. The summed E-state index contributed by atoms with van der Waals surface area (Å²) in [5, 5.41) is 15.8. The van der Waals surface area contributed by atoms with Gasteiger partial charge in [-0.25, -0.2) is 4.39 Å². The average Bonchev–Trinajstić information content (AvgIpc) is 3.22. The zero-order valence-electron chi connectivity index (χ0n) is 15.4. The van der Waals surface area contributed by atoms with E-state index in [0.29, 0.717) is 11.6 Å². The minimum absolute atomic E-state index is 0.0557. The standard InChI is InChI=1S/C20H16F3N3O4/c1-2-20(22,23)29-15-8-6-12(7-9-15)17-25-19(30-26-17)16(11-27)24-18(28)13-4-3-5-14(21)10-13/h2-10,16,27H,1,11H2,(H,24,28)/t16-/m0/s1. The number of hydrogen-bond donors (Lipinski definition) is 2. The molecule has 0 aliphatic rings. The third-order valence-electron chi connectivity index (χ3n) is 3.92. The van der Waals surface area contributed by atoms with Crippen molar-refractivity contribution < 1.29 is 32.3 Å². The number of aromatic nitrogens is 2. The second-order valence-electron chi connectivity index (χ2n) is 6.07. The zero-order valence-corrected chi connectivity index (χ0v) is 15.4. The van der Waals surface area contributed by atoms with Gasteiger partial charge in [-0.1, -0.05) is 17.8 Å². The van der Waals surface area contributed by atoms with Gasteiger partial charge in [0.2, 0.25) is 5.82 Å². The van der Waals surface area contributed by atoms with Crippen molar-refractivity contribution in [1.82, 2.24) is 15.5 Å². The highest BCUT2D eigenvalue weighted by molar-refractivity contribution is 5.94. The fourth-order valence-corrected chi connectivity index (χ4v) is 2.42. The van der Waals surface area contributed by atoms with Crippen LogP contribution in [-0.2, 0) is 0 Å². The number of rotatable bonds is 8. The number of alkyl halides is 2. The summed E-state index contributed by atoms with van der Waals surface area (Å²) in [5.41, 5.74) is 0.479. The van der Waals surface area contributed by atoms with Crippen molar-refractivity contribution in [2.75, 3.05) is 6.61 Å². The summed E-state index contributed by atoms with van der Waals surface area (Å²) in [4.78, 5) is 16.3. The van der Waals surface area contributed by atoms with Crippen LogP contribution in [-0.4, -0.2) is 33.9 Å². The Morgan fingerprint density at radius 1 is 1.30 bits per heavy atom. The molecule has 7 nitrogen and oxygen atoms in total. The van der Waals surface area contributed by atoms with Gasteiger partial charge in [-0.3, -0.25) is 4.79 Å². The van der Waals surface area contributed by atoms with E-state index in [9.17, 15) is 23.1 Å². The van der Waals surface area contributed by atoms with Crippen LogP contribution in [0.25, 0.3) is 11.4 Å². The predicted molar refractivity (Wildman–Crippen MR) is 99.2 cm³/mol. The van der Waals surface area contributed by atoms with Crippen LogP contribution in [0.1, 0.15) is 22.3 Å². The van der Waals surface area contributed by atoms with Crippen molar-refractivity contribution in [1.29, 1.82) is 0 Å². The molecule has 3 rings (SSSR count). The number of nitrogens with zero attached hydrogens (tertiary/aromatic N) is 2. The molecule has 1 amide bonds. The lowest BCUT2D eigenvalue weighted by Crippen LogP contribution is -2.31. The Balaban J connectivity index is 1.72. The summed E-state index contributed by atoms with van der Waals surface area (Å²) in [6.45, 7) is 2.44. The third kappa shape index (κ3) is 5.03. The Morgan fingerprint density at radius 2 is 2.03 bits per heavy atom. The number of carbonyl (C=O) groups is 1.